The first-order valence-corrected chi connectivity index (χ1v) is 5.51. The number of carboxylic acids is 1. The first-order valence-electron chi connectivity index (χ1n) is 5.51. The Kier molecular flexibility index (Phi) is 4.83. The highest BCUT2D eigenvalue weighted by molar-refractivity contribution is 5.88. The lowest BCUT2D eigenvalue weighted by atomic mass is 10.1. The quantitative estimate of drug-likeness (QED) is 0.627. The molecule has 0 saturated carbocycles. The SMILES string of the molecule is C=CCCCN(C)c1c(F)cc(C(=O)O)cc1F. The molecular formula is C13H15F2NO2. The highest BCUT2D eigenvalue weighted by Crippen LogP contribution is 2.24. The van der Waals surface area contributed by atoms with Gasteiger partial charge >= 0.3 is 5.97 Å². The molecule has 0 unspecified atom stereocenters. The van der Waals surface area contributed by atoms with Crippen LogP contribution in [0.5, 0.6) is 0 Å². The van der Waals surface area contributed by atoms with Gasteiger partial charge in [-0.3, -0.25) is 0 Å². The summed E-state index contributed by atoms with van der Waals surface area (Å²) in [4.78, 5) is 12.1. The Balaban J connectivity index is 2.95. The van der Waals surface area contributed by atoms with E-state index in [0.717, 1.165) is 25.0 Å². The van der Waals surface area contributed by atoms with Gasteiger partial charge in [0.1, 0.15) is 17.3 Å². The van der Waals surface area contributed by atoms with Gasteiger partial charge < -0.3 is 10.0 Å². The first kappa shape index (κ1) is 14.2. The van der Waals surface area contributed by atoms with E-state index in [1.54, 1.807) is 13.1 Å². The van der Waals surface area contributed by atoms with Gasteiger partial charge in [-0.2, -0.15) is 0 Å². The largest absolute Gasteiger partial charge is 0.478 e. The molecule has 3 nitrogen and oxygen atoms in total. The van der Waals surface area contributed by atoms with E-state index >= 15 is 0 Å². The summed E-state index contributed by atoms with van der Waals surface area (Å²) in [7, 11) is 1.56. The molecule has 0 aliphatic heterocycles. The van der Waals surface area contributed by atoms with Crippen molar-refractivity contribution in [3.8, 4) is 0 Å². The van der Waals surface area contributed by atoms with E-state index in [1.165, 1.54) is 4.90 Å². The van der Waals surface area contributed by atoms with E-state index in [9.17, 15) is 13.6 Å². The van der Waals surface area contributed by atoms with E-state index in [0.29, 0.717) is 6.54 Å². The van der Waals surface area contributed by atoms with Crippen LogP contribution in [0, 0.1) is 11.6 Å². The summed E-state index contributed by atoms with van der Waals surface area (Å²) < 4.78 is 27.3. The van der Waals surface area contributed by atoms with Crippen LogP contribution in [-0.4, -0.2) is 24.7 Å². The molecule has 0 bridgehead atoms. The fourth-order valence-electron chi connectivity index (χ4n) is 1.64. The summed E-state index contributed by atoms with van der Waals surface area (Å²) in [5, 5.41) is 8.68. The summed E-state index contributed by atoms with van der Waals surface area (Å²) in [6, 6.07) is 1.65. The van der Waals surface area contributed by atoms with Crippen molar-refractivity contribution in [1.29, 1.82) is 0 Å². The van der Waals surface area contributed by atoms with Gasteiger partial charge in [-0.15, -0.1) is 6.58 Å². The van der Waals surface area contributed by atoms with E-state index in [1.807, 2.05) is 0 Å². The van der Waals surface area contributed by atoms with Gasteiger partial charge in [-0.25, -0.2) is 13.6 Å². The number of carboxylic acid groups (broad SMARTS) is 1. The molecule has 1 N–H and O–H groups in total. The number of allylic oxidation sites excluding steroid dienone is 1. The van der Waals surface area contributed by atoms with Crippen LogP contribution in [-0.2, 0) is 0 Å². The lowest BCUT2D eigenvalue weighted by molar-refractivity contribution is 0.0696. The number of hydrogen-bond donors (Lipinski definition) is 1. The molecule has 0 aliphatic carbocycles. The van der Waals surface area contributed by atoms with Gasteiger partial charge in [0.15, 0.2) is 0 Å². The molecule has 0 heterocycles. The van der Waals surface area contributed by atoms with Crippen molar-refractivity contribution < 1.29 is 18.7 Å². The maximum Gasteiger partial charge on any atom is 0.335 e. The lowest BCUT2D eigenvalue weighted by Gasteiger charge is -2.20. The van der Waals surface area contributed by atoms with Crippen LogP contribution in [0.1, 0.15) is 23.2 Å². The molecule has 18 heavy (non-hydrogen) atoms. The molecule has 0 fully saturated rings. The standard InChI is InChI=1S/C13H15F2NO2/c1-3-4-5-6-16(2)12-10(14)7-9(13(17)18)8-11(12)15/h3,7-8H,1,4-6H2,2H3,(H,17,18). The molecule has 1 aromatic rings. The topological polar surface area (TPSA) is 40.5 Å². The minimum atomic E-state index is -1.35. The number of anilines is 1. The first-order chi connectivity index (χ1) is 8.47. The zero-order valence-electron chi connectivity index (χ0n) is 10.1. The van der Waals surface area contributed by atoms with Crippen molar-refractivity contribution in [3.05, 3.63) is 42.0 Å². The molecule has 0 aromatic heterocycles. The summed E-state index contributed by atoms with van der Waals surface area (Å²) >= 11 is 0. The van der Waals surface area contributed by atoms with Gasteiger partial charge in [0.25, 0.3) is 0 Å². The third-order valence-corrected chi connectivity index (χ3v) is 2.55. The molecule has 1 rings (SSSR count). The van der Waals surface area contributed by atoms with E-state index < -0.39 is 23.2 Å². The van der Waals surface area contributed by atoms with Crippen molar-refractivity contribution in [3.63, 3.8) is 0 Å². The zero-order valence-corrected chi connectivity index (χ0v) is 10.1. The average Bonchev–Trinajstić information content (AvgIpc) is 2.28. The molecule has 0 amide bonds. The van der Waals surface area contributed by atoms with Gasteiger partial charge in [-0.05, 0) is 25.0 Å². The fraction of sp³-hybridized carbons (Fsp3) is 0.308. The number of aromatic carboxylic acids is 1. The smallest absolute Gasteiger partial charge is 0.335 e. The summed E-state index contributed by atoms with van der Waals surface area (Å²) in [6.45, 7) is 4.03. The molecule has 1 aromatic carbocycles. The molecule has 98 valence electrons. The zero-order chi connectivity index (χ0) is 13.7. The predicted molar refractivity (Wildman–Crippen MR) is 66.0 cm³/mol. The Morgan fingerprint density at radius 1 is 1.44 bits per heavy atom. The number of benzene rings is 1. The number of hydrogen-bond acceptors (Lipinski definition) is 2. The Morgan fingerprint density at radius 2 is 2.00 bits per heavy atom. The molecular weight excluding hydrogens is 240 g/mol. The van der Waals surface area contributed by atoms with Crippen LogP contribution in [0.3, 0.4) is 0 Å². The fourth-order valence-corrected chi connectivity index (χ4v) is 1.64. The second-order valence-corrected chi connectivity index (χ2v) is 3.95. The van der Waals surface area contributed by atoms with Gasteiger partial charge in [0.05, 0.1) is 5.56 Å². The van der Waals surface area contributed by atoms with Crippen LogP contribution >= 0.6 is 0 Å². The maximum atomic E-state index is 13.7. The third-order valence-electron chi connectivity index (χ3n) is 2.55. The molecule has 0 aliphatic rings. The Hall–Kier alpha value is -1.91. The number of rotatable bonds is 6. The van der Waals surface area contributed by atoms with Crippen LogP contribution in [0.25, 0.3) is 0 Å². The molecule has 5 heteroatoms. The van der Waals surface area contributed by atoms with E-state index in [-0.39, 0.29) is 5.69 Å². The van der Waals surface area contributed by atoms with E-state index in [2.05, 4.69) is 6.58 Å². The van der Waals surface area contributed by atoms with Gasteiger partial charge in [0.2, 0.25) is 0 Å². The van der Waals surface area contributed by atoms with Crippen molar-refractivity contribution in [2.24, 2.45) is 0 Å². The molecule has 0 spiro atoms. The summed E-state index contributed by atoms with van der Waals surface area (Å²) in [6.07, 6.45) is 3.20. The lowest BCUT2D eigenvalue weighted by Crippen LogP contribution is -2.21. The minimum Gasteiger partial charge on any atom is -0.478 e. The molecule has 0 saturated heterocycles. The van der Waals surface area contributed by atoms with Crippen LogP contribution in [0.15, 0.2) is 24.8 Å². The summed E-state index contributed by atoms with van der Waals surface area (Å²) in [5.41, 5.74) is -0.600. The Morgan fingerprint density at radius 3 is 2.44 bits per heavy atom. The van der Waals surface area contributed by atoms with Crippen molar-refractivity contribution in [2.75, 3.05) is 18.5 Å². The average molecular weight is 255 g/mol. The maximum absolute atomic E-state index is 13.7. The Bertz CT molecular complexity index is 437. The van der Waals surface area contributed by atoms with Gasteiger partial charge in [-0.1, -0.05) is 6.08 Å². The second-order valence-electron chi connectivity index (χ2n) is 3.95. The Labute approximate surface area is 104 Å². The minimum absolute atomic E-state index is 0.205. The highest BCUT2D eigenvalue weighted by atomic mass is 19.1. The molecule has 0 radical (unpaired) electrons. The van der Waals surface area contributed by atoms with Gasteiger partial charge in [0, 0.05) is 13.6 Å². The number of carbonyl (C=O) groups is 1. The van der Waals surface area contributed by atoms with E-state index in [4.69, 9.17) is 5.11 Å². The van der Waals surface area contributed by atoms with Crippen molar-refractivity contribution >= 4 is 11.7 Å². The molecule has 0 atom stereocenters. The van der Waals surface area contributed by atoms with Crippen molar-refractivity contribution in [1.82, 2.24) is 0 Å². The number of halogens is 2. The van der Waals surface area contributed by atoms with Crippen LogP contribution in [0.4, 0.5) is 14.5 Å². The normalized spacial score (nSPS) is 10.2. The van der Waals surface area contributed by atoms with Crippen molar-refractivity contribution in [2.45, 2.75) is 12.8 Å². The van der Waals surface area contributed by atoms with Crippen LogP contribution in [0.2, 0.25) is 0 Å². The monoisotopic (exact) mass is 255 g/mol. The van der Waals surface area contributed by atoms with Crippen LogP contribution < -0.4 is 4.90 Å². The second kappa shape index (κ2) is 6.14. The third kappa shape index (κ3) is 3.29. The number of nitrogens with zero attached hydrogens (tertiary/aromatic N) is 1. The summed E-state index contributed by atoms with van der Waals surface area (Å²) in [5.74, 6) is -3.09. The predicted octanol–water partition coefficient (Wildman–Crippen LogP) is 3.07. The number of unbranched alkanes of at least 4 members (excludes halogenated alkanes) is 1. The highest BCUT2D eigenvalue weighted by Gasteiger charge is 2.17.